The SMILES string of the molecule is COC(=O)N1CCCC(CNC(=O)c2nc(-c3ccc(OC(F)F)c(OCC4CC4)c3)oc2[C@H](C)N)C1. The number of piperidine rings is 1. The smallest absolute Gasteiger partial charge is 0.409 e. The van der Waals surface area contributed by atoms with Crippen molar-refractivity contribution in [1.82, 2.24) is 15.2 Å². The largest absolute Gasteiger partial charge is 0.489 e. The maximum Gasteiger partial charge on any atom is 0.409 e. The van der Waals surface area contributed by atoms with Gasteiger partial charge < -0.3 is 34.6 Å². The number of nitrogens with zero attached hydrogens (tertiary/aromatic N) is 2. The number of carbonyl (C=O) groups excluding carboxylic acids is 2. The van der Waals surface area contributed by atoms with Gasteiger partial charge in [-0.15, -0.1) is 0 Å². The van der Waals surface area contributed by atoms with Gasteiger partial charge in [-0.2, -0.15) is 8.78 Å². The third-order valence-corrected chi connectivity index (χ3v) is 6.36. The highest BCUT2D eigenvalue weighted by atomic mass is 19.3. The van der Waals surface area contributed by atoms with Crippen LogP contribution in [-0.2, 0) is 4.74 Å². The molecule has 2 atom stereocenters. The third-order valence-electron chi connectivity index (χ3n) is 6.36. The van der Waals surface area contributed by atoms with Gasteiger partial charge in [0.25, 0.3) is 5.91 Å². The van der Waals surface area contributed by atoms with Crippen molar-refractivity contribution in [1.29, 1.82) is 0 Å². The molecule has 0 spiro atoms. The zero-order chi connectivity index (χ0) is 26.5. The Morgan fingerprint density at radius 3 is 2.70 bits per heavy atom. The van der Waals surface area contributed by atoms with Gasteiger partial charge in [0.1, 0.15) is 0 Å². The van der Waals surface area contributed by atoms with Crippen LogP contribution in [0.2, 0.25) is 0 Å². The van der Waals surface area contributed by atoms with Crippen molar-refractivity contribution in [2.75, 3.05) is 33.4 Å². The Hall–Kier alpha value is -3.41. The highest BCUT2D eigenvalue weighted by Gasteiger charge is 2.28. The fourth-order valence-corrected chi connectivity index (χ4v) is 4.21. The van der Waals surface area contributed by atoms with E-state index in [1.807, 2.05) is 0 Å². The van der Waals surface area contributed by atoms with Crippen molar-refractivity contribution in [3.8, 4) is 23.0 Å². The maximum atomic E-state index is 13.0. The zero-order valence-corrected chi connectivity index (χ0v) is 20.9. The van der Waals surface area contributed by atoms with E-state index >= 15 is 0 Å². The number of rotatable bonds is 10. The highest BCUT2D eigenvalue weighted by molar-refractivity contribution is 5.94. The summed E-state index contributed by atoms with van der Waals surface area (Å²) in [5.41, 5.74) is 6.51. The minimum atomic E-state index is -3.00. The number of oxazole rings is 1. The number of carbonyl (C=O) groups is 2. The molecule has 0 radical (unpaired) electrons. The molecule has 10 nitrogen and oxygen atoms in total. The summed E-state index contributed by atoms with van der Waals surface area (Å²) < 4.78 is 46.7. The molecule has 0 bridgehead atoms. The molecule has 1 unspecified atom stereocenters. The number of alkyl halides is 2. The number of aromatic nitrogens is 1. The number of benzene rings is 1. The molecule has 4 rings (SSSR count). The van der Waals surface area contributed by atoms with E-state index in [-0.39, 0.29) is 40.9 Å². The normalized spacial score (nSPS) is 18.4. The van der Waals surface area contributed by atoms with Crippen LogP contribution in [0, 0.1) is 11.8 Å². The summed E-state index contributed by atoms with van der Waals surface area (Å²) in [5.74, 6) is 0.352. The second-order valence-corrected chi connectivity index (χ2v) is 9.45. The quantitative estimate of drug-likeness (QED) is 0.480. The number of nitrogens with two attached hydrogens (primary N) is 1. The van der Waals surface area contributed by atoms with Gasteiger partial charge in [-0.3, -0.25) is 4.79 Å². The molecule has 12 heteroatoms. The Kier molecular flexibility index (Phi) is 8.47. The molecule has 3 N–H and O–H groups in total. The molecule has 2 heterocycles. The lowest BCUT2D eigenvalue weighted by Gasteiger charge is -2.31. The minimum absolute atomic E-state index is 0.0407. The Bertz CT molecular complexity index is 1100. The topological polar surface area (TPSA) is 129 Å². The Morgan fingerprint density at radius 2 is 2.03 bits per heavy atom. The number of halogens is 2. The van der Waals surface area contributed by atoms with Crippen molar-refractivity contribution >= 4 is 12.0 Å². The molecule has 1 aromatic carbocycles. The number of hydrogen-bond acceptors (Lipinski definition) is 8. The Labute approximate surface area is 213 Å². The molecule has 2 aliphatic rings. The first-order valence-corrected chi connectivity index (χ1v) is 12.3. The van der Waals surface area contributed by atoms with Gasteiger partial charge in [-0.1, -0.05) is 0 Å². The van der Waals surface area contributed by atoms with Crippen LogP contribution in [0.5, 0.6) is 11.5 Å². The molecule has 1 saturated heterocycles. The molecule has 1 saturated carbocycles. The molecule has 202 valence electrons. The standard InChI is InChI=1S/C25H32F2N4O6/c1-14(28)21-20(22(32)29-11-16-4-3-9-31(12-16)25(33)34-2)30-23(37-21)17-7-8-18(36-24(26)27)19(10-17)35-13-15-5-6-15/h7-8,10,14-16,24H,3-6,9,11-13,28H2,1-2H3,(H,29,32)/t14-,16?/m0/s1. The number of amides is 2. The summed E-state index contributed by atoms with van der Waals surface area (Å²) in [6.07, 6.45) is 3.34. The molecule has 1 aliphatic heterocycles. The van der Waals surface area contributed by atoms with Crippen LogP contribution in [0.3, 0.4) is 0 Å². The van der Waals surface area contributed by atoms with Crippen LogP contribution in [0.25, 0.3) is 11.5 Å². The molecule has 1 aliphatic carbocycles. The summed E-state index contributed by atoms with van der Waals surface area (Å²) in [5, 5.41) is 2.86. The molecule has 1 aromatic heterocycles. The lowest BCUT2D eigenvalue weighted by atomic mass is 9.98. The second kappa shape index (κ2) is 11.8. The summed E-state index contributed by atoms with van der Waals surface area (Å²) in [6.45, 7) is 0.494. The van der Waals surface area contributed by atoms with E-state index in [0.717, 1.165) is 25.7 Å². The number of likely N-dealkylation sites (tertiary alicyclic amines) is 1. The number of methoxy groups -OCH3 is 1. The minimum Gasteiger partial charge on any atom is -0.489 e. The number of ether oxygens (including phenoxy) is 3. The van der Waals surface area contributed by atoms with E-state index in [1.54, 1.807) is 11.8 Å². The van der Waals surface area contributed by atoms with Crippen molar-refractivity contribution in [3.63, 3.8) is 0 Å². The summed E-state index contributed by atoms with van der Waals surface area (Å²) in [6, 6.07) is 3.74. The van der Waals surface area contributed by atoms with Crippen molar-refractivity contribution in [3.05, 3.63) is 29.7 Å². The summed E-state index contributed by atoms with van der Waals surface area (Å²) in [4.78, 5) is 30.9. The fraction of sp³-hybridized carbons (Fsp3) is 0.560. The van der Waals surface area contributed by atoms with Gasteiger partial charge in [-0.05, 0) is 62.6 Å². The Morgan fingerprint density at radius 1 is 1.24 bits per heavy atom. The fourth-order valence-electron chi connectivity index (χ4n) is 4.21. The average Bonchev–Trinajstić information content (AvgIpc) is 3.60. The molecular formula is C25H32F2N4O6. The number of nitrogens with one attached hydrogen (secondary N) is 1. The lowest BCUT2D eigenvalue weighted by Crippen LogP contribution is -2.43. The van der Waals surface area contributed by atoms with Crippen LogP contribution in [0.4, 0.5) is 13.6 Å². The molecule has 2 amide bonds. The summed E-state index contributed by atoms with van der Waals surface area (Å²) in [7, 11) is 1.34. The monoisotopic (exact) mass is 522 g/mol. The second-order valence-electron chi connectivity index (χ2n) is 9.45. The van der Waals surface area contributed by atoms with Gasteiger partial charge in [0.2, 0.25) is 5.89 Å². The van der Waals surface area contributed by atoms with Crippen molar-refractivity contribution < 1.29 is 37.0 Å². The van der Waals surface area contributed by atoms with Gasteiger partial charge in [0, 0.05) is 25.2 Å². The van der Waals surface area contributed by atoms with Gasteiger partial charge in [0.05, 0.1) is 19.8 Å². The predicted molar refractivity (Wildman–Crippen MR) is 128 cm³/mol. The van der Waals surface area contributed by atoms with Crippen LogP contribution >= 0.6 is 0 Å². The molecular weight excluding hydrogens is 490 g/mol. The highest BCUT2D eigenvalue weighted by Crippen LogP contribution is 2.37. The molecule has 37 heavy (non-hydrogen) atoms. The molecule has 2 aromatic rings. The van der Waals surface area contributed by atoms with E-state index in [4.69, 9.17) is 19.6 Å². The predicted octanol–water partition coefficient (Wildman–Crippen LogP) is 3.96. The number of hydrogen-bond donors (Lipinski definition) is 2. The van der Waals surface area contributed by atoms with E-state index in [1.165, 1.54) is 25.3 Å². The van der Waals surface area contributed by atoms with Crippen molar-refractivity contribution in [2.45, 2.75) is 45.3 Å². The molecule has 2 fully saturated rings. The van der Waals surface area contributed by atoms with Crippen LogP contribution in [-0.4, -0.2) is 61.8 Å². The van der Waals surface area contributed by atoms with E-state index in [2.05, 4.69) is 15.0 Å². The van der Waals surface area contributed by atoms with E-state index in [9.17, 15) is 18.4 Å². The zero-order valence-electron chi connectivity index (χ0n) is 20.9. The Balaban J connectivity index is 1.50. The third kappa shape index (κ3) is 6.88. The first-order valence-electron chi connectivity index (χ1n) is 12.3. The first kappa shape index (κ1) is 26.6. The van der Waals surface area contributed by atoms with Gasteiger partial charge >= 0.3 is 12.7 Å². The van der Waals surface area contributed by atoms with Gasteiger partial charge in [0.15, 0.2) is 23.0 Å². The van der Waals surface area contributed by atoms with Gasteiger partial charge in [-0.25, -0.2) is 9.78 Å². The van der Waals surface area contributed by atoms with Crippen LogP contribution in [0.15, 0.2) is 22.6 Å². The lowest BCUT2D eigenvalue weighted by molar-refractivity contribution is -0.0515. The maximum absolute atomic E-state index is 13.0. The van der Waals surface area contributed by atoms with E-state index < -0.39 is 18.6 Å². The average molecular weight is 523 g/mol. The van der Waals surface area contributed by atoms with E-state index in [0.29, 0.717) is 37.7 Å². The first-order chi connectivity index (χ1) is 17.7. The van der Waals surface area contributed by atoms with Crippen LogP contribution in [0.1, 0.15) is 54.9 Å². The van der Waals surface area contributed by atoms with Crippen molar-refractivity contribution in [2.24, 2.45) is 17.6 Å². The van der Waals surface area contributed by atoms with Crippen LogP contribution < -0.4 is 20.5 Å². The summed E-state index contributed by atoms with van der Waals surface area (Å²) >= 11 is 0.